The topological polar surface area (TPSA) is 79.0 Å². The third-order valence-corrected chi connectivity index (χ3v) is 6.77. The molecule has 1 saturated carbocycles. The van der Waals surface area contributed by atoms with Crippen LogP contribution in [0.5, 0.6) is 5.75 Å². The van der Waals surface area contributed by atoms with Crippen molar-refractivity contribution in [3.63, 3.8) is 0 Å². The number of amides is 1. The standard InChI is InChI=1S/C24H33N3O4S/c1-17(2)15-27(24(28)18-6-7-18)16-19-14-20(8-13-23(19)26(3)4)25-32(29,30)22-11-9-21(31-5)10-12-22/h8-14,17-18,25H,6-7,15-16H2,1-5H3. The van der Waals surface area contributed by atoms with E-state index in [1.165, 1.54) is 19.2 Å². The molecule has 2 aromatic rings. The van der Waals surface area contributed by atoms with Crippen LogP contribution in [-0.2, 0) is 21.4 Å². The number of benzene rings is 2. The van der Waals surface area contributed by atoms with Gasteiger partial charge in [0.05, 0.1) is 12.0 Å². The molecule has 0 atom stereocenters. The van der Waals surface area contributed by atoms with Gasteiger partial charge in [0.1, 0.15) is 5.75 Å². The fourth-order valence-electron chi connectivity index (χ4n) is 3.65. The van der Waals surface area contributed by atoms with E-state index in [4.69, 9.17) is 4.74 Å². The summed E-state index contributed by atoms with van der Waals surface area (Å²) in [4.78, 5) is 16.9. The normalized spacial score (nSPS) is 13.7. The van der Waals surface area contributed by atoms with Crippen molar-refractivity contribution >= 4 is 27.3 Å². The molecule has 1 N–H and O–H groups in total. The van der Waals surface area contributed by atoms with Gasteiger partial charge in [0.25, 0.3) is 10.0 Å². The van der Waals surface area contributed by atoms with Gasteiger partial charge in [-0.3, -0.25) is 9.52 Å². The molecule has 0 aromatic heterocycles. The Balaban J connectivity index is 1.88. The molecule has 2 aromatic carbocycles. The maximum atomic E-state index is 12.9. The summed E-state index contributed by atoms with van der Waals surface area (Å²) in [6, 6.07) is 11.7. The molecule has 1 aliphatic carbocycles. The van der Waals surface area contributed by atoms with Crippen LogP contribution in [-0.4, -0.2) is 47.0 Å². The van der Waals surface area contributed by atoms with Crippen LogP contribution in [0.2, 0.25) is 0 Å². The summed E-state index contributed by atoms with van der Waals surface area (Å²) in [7, 11) is 1.66. The predicted octanol–water partition coefficient (Wildman–Crippen LogP) is 3.96. The quantitative estimate of drug-likeness (QED) is 0.582. The van der Waals surface area contributed by atoms with Crippen molar-refractivity contribution in [3.05, 3.63) is 48.0 Å². The van der Waals surface area contributed by atoms with Crippen LogP contribution in [0.1, 0.15) is 32.3 Å². The van der Waals surface area contributed by atoms with Crippen LogP contribution in [0.4, 0.5) is 11.4 Å². The second-order valence-corrected chi connectivity index (χ2v) is 10.6. The van der Waals surface area contributed by atoms with Crippen molar-refractivity contribution in [2.45, 2.75) is 38.1 Å². The Bertz CT molecular complexity index is 1050. The number of sulfonamides is 1. The molecule has 1 fully saturated rings. The largest absolute Gasteiger partial charge is 0.497 e. The summed E-state index contributed by atoms with van der Waals surface area (Å²) < 4.78 is 33.5. The Kier molecular flexibility index (Phi) is 7.33. The van der Waals surface area contributed by atoms with Crippen LogP contribution in [0.3, 0.4) is 0 Å². The van der Waals surface area contributed by atoms with Crippen LogP contribution in [0, 0.1) is 11.8 Å². The smallest absolute Gasteiger partial charge is 0.261 e. The van der Waals surface area contributed by atoms with Gasteiger partial charge in [-0.1, -0.05) is 13.8 Å². The highest BCUT2D eigenvalue weighted by molar-refractivity contribution is 7.92. The molecule has 0 bridgehead atoms. The molecule has 1 aliphatic rings. The van der Waals surface area contributed by atoms with Gasteiger partial charge in [-0.25, -0.2) is 8.42 Å². The summed E-state index contributed by atoms with van der Waals surface area (Å²) >= 11 is 0. The first-order valence-electron chi connectivity index (χ1n) is 10.9. The highest BCUT2D eigenvalue weighted by Gasteiger charge is 2.34. The molecule has 0 aliphatic heterocycles. The van der Waals surface area contributed by atoms with E-state index in [9.17, 15) is 13.2 Å². The fraction of sp³-hybridized carbons (Fsp3) is 0.458. The fourth-order valence-corrected chi connectivity index (χ4v) is 4.70. The molecule has 1 amide bonds. The zero-order valence-electron chi connectivity index (χ0n) is 19.5. The van der Waals surface area contributed by atoms with Crippen LogP contribution >= 0.6 is 0 Å². The summed E-state index contributed by atoms with van der Waals surface area (Å²) in [5.41, 5.74) is 2.32. The molecule has 0 saturated heterocycles. The van der Waals surface area contributed by atoms with Gasteiger partial charge in [-0.2, -0.15) is 0 Å². The van der Waals surface area contributed by atoms with Gasteiger partial charge >= 0.3 is 0 Å². The summed E-state index contributed by atoms with van der Waals surface area (Å²) in [6.45, 7) is 5.31. The van der Waals surface area contributed by atoms with Crippen molar-refractivity contribution in [1.29, 1.82) is 0 Å². The Labute approximate surface area is 191 Å². The van der Waals surface area contributed by atoms with Gasteiger partial charge in [-0.15, -0.1) is 0 Å². The zero-order chi connectivity index (χ0) is 23.5. The van der Waals surface area contributed by atoms with E-state index in [1.807, 2.05) is 36.0 Å². The maximum absolute atomic E-state index is 12.9. The number of ether oxygens (including phenoxy) is 1. The third-order valence-electron chi connectivity index (χ3n) is 5.37. The minimum atomic E-state index is -3.76. The number of rotatable bonds is 10. The number of hydrogen-bond donors (Lipinski definition) is 1. The first-order chi connectivity index (χ1) is 15.1. The molecule has 3 rings (SSSR count). The Morgan fingerprint density at radius 2 is 1.78 bits per heavy atom. The molecular formula is C24H33N3O4S. The summed E-state index contributed by atoms with van der Waals surface area (Å²) in [5, 5.41) is 0. The zero-order valence-corrected chi connectivity index (χ0v) is 20.3. The number of nitrogens with one attached hydrogen (secondary N) is 1. The van der Waals surface area contributed by atoms with Crippen molar-refractivity contribution in [2.24, 2.45) is 11.8 Å². The molecule has 174 valence electrons. The molecule has 32 heavy (non-hydrogen) atoms. The minimum Gasteiger partial charge on any atom is -0.497 e. The van der Waals surface area contributed by atoms with Crippen molar-refractivity contribution in [3.8, 4) is 5.75 Å². The molecule has 0 spiro atoms. The average Bonchev–Trinajstić information content (AvgIpc) is 3.57. The monoisotopic (exact) mass is 459 g/mol. The van der Waals surface area contributed by atoms with Gasteiger partial charge in [-0.05, 0) is 66.8 Å². The SMILES string of the molecule is COc1ccc(S(=O)(=O)Nc2ccc(N(C)C)c(CN(CC(C)C)C(=O)C3CC3)c2)cc1. The van der Waals surface area contributed by atoms with Crippen molar-refractivity contribution in [2.75, 3.05) is 37.4 Å². The second kappa shape index (κ2) is 9.81. The lowest BCUT2D eigenvalue weighted by Gasteiger charge is -2.28. The van der Waals surface area contributed by atoms with E-state index in [0.717, 1.165) is 24.1 Å². The predicted molar refractivity (Wildman–Crippen MR) is 128 cm³/mol. The molecule has 0 radical (unpaired) electrons. The Morgan fingerprint density at radius 3 is 2.31 bits per heavy atom. The molecule has 7 nitrogen and oxygen atoms in total. The average molecular weight is 460 g/mol. The van der Waals surface area contributed by atoms with Crippen LogP contribution < -0.4 is 14.4 Å². The van der Waals surface area contributed by atoms with Gasteiger partial charge < -0.3 is 14.5 Å². The number of carbonyl (C=O) groups is 1. The van der Waals surface area contributed by atoms with E-state index in [0.29, 0.717) is 30.4 Å². The van der Waals surface area contributed by atoms with Crippen molar-refractivity contribution < 1.29 is 17.9 Å². The summed E-state index contributed by atoms with van der Waals surface area (Å²) in [6.07, 6.45) is 1.91. The lowest BCUT2D eigenvalue weighted by Crippen LogP contribution is -2.35. The van der Waals surface area contributed by atoms with Crippen molar-refractivity contribution in [1.82, 2.24) is 4.90 Å². The van der Waals surface area contributed by atoms with E-state index in [-0.39, 0.29) is 16.7 Å². The van der Waals surface area contributed by atoms with Gasteiger partial charge in [0.2, 0.25) is 5.91 Å². The highest BCUT2D eigenvalue weighted by Crippen LogP contribution is 2.33. The van der Waals surface area contributed by atoms with Gasteiger partial charge in [0.15, 0.2) is 0 Å². The lowest BCUT2D eigenvalue weighted by molar-refractivity contribution is -0.133. The number of anilines is 2. The van der Waals surface area contributed by atoms with E-state index < -0.39 is 10.0 Å². The number of methoxy groups -OCH3 is 1. The second-order valence-electron chi connectivity index (χ2n) is 8.91. The number of carbonyl (C=O) groups excluding carboxylic acids is 1. The Morgan fingerprint density at radius 1 is 1.12 bits per heavy atom. The summed E-state index contributed by atoms with van der Waals surface area (Å²) in [5.74, 6) is 1.25. The van der Waals surface area contributed by atoms with Crippen LogP contribution in [0.25, 0.3) is 0 Å². The van der Waals surface area contributed by atoms with Crippen LogP contribution in [0.15, 0.2) is 47.4 Å². The number of hydrogen-bond acceptors (Lipinski definition) is 5. The maximum Gasteiger partial charge on any atom is 0.261 e. The number of nitrogens with zero attached hydrogens (tertiary/aromatic N) is 2. The first-order valence-corrected chi connectivity index (χ1v) is 12.3. The highest BCUT2D eigenvalue weighted by atomic mass is 32.2. The minimum absolute atomic E-state index is 0.133. The Hall–Kier alpha value is -2.74. The van der Waals surface area contributed by atoms with E-state index >= 15 is 0 Å². The molecule has 8 heteroatoms. The lowest BCUT2D eigenvalue weighted by atomic mass is 10.1. The molecule has 0 heterocycles. The third kappa shape index (κ3) is 5.94. The van der Waals surface area contributed by atoms with E-state index in [2.05, 4.69) is 18.6 Å². The first kappa shape index (κ1) is 23.9. The molecular weight excluding hydrogens is 426 g/mol. The van der Waals surface area contributed by atoms with E-state index in [1.54, 1.807) is 18.2 Å². The van der Waals surface area contributed by atoms with Gasteiger partial charge in [0, 0.05) is 44.5 Å². The molecule has 0 unspecified atom stereocenters.